The Morgan fingerprint density at radius 3 is 3.12 bits per heavy atom. The number of aryl methyl sites for hydroxylation is 2. The molecule has 0 bridgehead atoms. The van der Waals surface area contributed by atoms with Crippen LogP contribution in [-0.4, -0.2) is 33.7 Å². The summed E-state index contributed by atoms with van der Waals surface area (Å²) in [6.07, 6.45) is 5.91. The number of rotatable bonds is 7. The number of hydrogen-bond donors (Lipinski definition) is 2. The third kappa shape index (κ3) is 4.44. The smallest absolute Gasteiger partial charge is 0.220 e. The summed E-state index contributed by atoms with van der Waals surface area (Å²) in [5.41, 5.74) is 0.938. The fourth-order valence-electron chi connectivity index (χ4n) is 1.44. The summed E-state index contributed by atoms with van der Waals surface area (Å²) >= 11 is 0. The summed E-state index contributed by atoms with van der Waals surface area (Å²) < 4.78 is 2.03. The van der Waals surface area contributed by atoms with Gasteiger partial charge in [-0.2, -0.15) is 0 Å². The van der Waals surface area contributed by atoms with E-state index in [1.165, 1.54) is 0 Å². The zero-order valence-electron chi connectivity index (χ0n) is 9.65. The number of carbonyl (C=O) groups is 1. The minimum Gasteiger partial charge on any atom is -0.395 e. The highest BCUT2D eigenvalue weighted by Crippen LogP contribution is 2.01. The molecule has 1 aromatic heterocycles. The third-order valence-electron chi connectivity index (χ3n) is 2.21. The van der Waals surface area contributed by atoms with Crippen LogP contribution in [0.25, 0.3) is 0 Å². The van der Waals surface area contributed by atoms with Gasteiger partial charge in [-0.15, -0.1) is 0 Å². The maximum atomic E-state index is 11.3. The number of aliphatic hydroxyl groups is 1. The van der Waals surface area contributed by atoms with E-state index in [-0.39, 0.29) is 12.5 Å². The largest absolute Gasteiger partial charge is 0.395 e. The van der Waals surface area contributed by atoms with E-state index in [1.54, 1.807) is 6.33 Å². The van der Waals surface area contributed by atoms with E-state index >= 15 is 0 Å². The van der Waals surface area contributed by atoms with Crippen molar-refractivity contribution in [2.45, 2.75) is 32.7 Å². The molecule has 0 aliphatic rings. The lowest BCUT2D eigenvalue weighted by atomic mass is 10.2. The summed E-state index contributed by atoms with van der Waals surface area (Å²) in [5, 5.41) is 11.1. The second-order valence-corrected chi connectivity index (χ2v) is 3.68. The molecule has 0 aromatic carbocycles. The van der Waals surface area contributed by atoms with Crippen LogP contribution in [0.4, 0.5) is 0 Å². The van der Waals surface area contributed by atoms with Crippen LogP contribution in [0.2, 0.25) is 0 Å². The van der Waals surface area contributed by atoms with E-state index < -0.39 is 0 Å². The van der Waals surface area contributed by atoms with Crippen LogP contribution in [-0.2, 0) is 17.8 Å². The highest BCUT2D eigenvalue weighted by molar-refractivity contribution is 5.76. The second-order valence-electron chi connectivity index (χ2n) is 3.68. The number of aromatic nitrogens is 2. The fourth-order valence-corrected chi connectivity index (χ4v) is 1.44. The minimum atomic E-state index is -0.0425. The number of carbonyl (C=O) groups excluding carboxylic acids is 1. The molecule has 0 aliphatic heterocycles. The fraction of sp³-hybridized carbons (Fsp3) is 0.636. The first-order valence-corrected chi connectivity index (χ1v) is 5.64. The van der Waals surface area contributed by atoms with Gasteiger partial charge in [-0.1, -0.05) is 6.92 Å². The summed E-state index contributed by atoms with van der Waals surface area (Å²) in [4.78, 5) is 15.5. The van der Waals surface area contributed by atoms with Gasteiger partial charge in [0.25, 0.3) is 0 Å². The molecule has 1 rings (SSSR count). The average molecular weight is 225 g/mol. The molecule has 0 saturated heterocycles. The van der Waals surface area contributed by atoms with Gasteiger partial charge in [0.2, 0.25) is 5.91 Å². The monoisotopic (exact) mass is 225 g/mol. The van der Waals surface area contributed by atoms with Gasteiger partial charge in [-0.25, -0.2) is 4.98 Å². The van der Waals surface area contributed by atoms with Crippen molar-refractivity contribution in [2.75, 3.05) is 13.2 Å². The van der Waals surface area contributed by atoms with Gasteiger partial charge in [-0.3, -0.25) is 4.79 Å². The maximum Gasteiger partial charge on any atom is 0.220 e. The standard InChI is InChI=1S/C11H19N3O2/c1-2-6-14-8-10(13-9-14)3-4-11(16)12-5-7-15/h8-9,15H,2-7H2,1H3,(H,12,16). The molecule has 90 valence electrons. The molecule has 1 aromatic rings. The molecule has 5 heteroatoms. The topological polar surface area (TPSA) is 67.2 Å². The second kappa shape index (κ2) is 7.00. The number of nitrogens with one attached hydrogen (secondary N) is 1. The van der Waals surface area contributed by atoms with Crippen molar-refractivity contribution in [3.63, 3.8) is 0 Å². The van der Waals surface area contributed by atoms with Crippen molar-refractivity contribution in [3.05, 3.63) is 18.2 Å². The normalized spacial score (nSPS) is 10.4. The van der Waals surface area contributed by atoms with E-state index in [9.17, 15) is 4.79 Å². The lowest BCUT2D eigenvalue weighted by Gasteiger charge is -2.01. The van der Waals surface area contributed by atoms with Crippen molar-refractivity contribution in [2.24, 2.45) is 0 Å². The molecular weight excluding hydrogens is 206 g/mol. The molecule has 0 fully saturated rings. The van der Waals surface area contributed by atoms with Crippen LogP contribution in [0.1, 0.15) is 25.5 Å². The van der Waals surface area contributed by atoms with Crippen molar-refractivity contribution in [1.82, 2.24) is 14.9 Å². The molecular formula is C11H19N3O2. The number of imidazole rings is 1. The van der Waals surface area contributed by atoms with Crippen molar-refractivity contribution < 1.29 is 9.90 Å². The van der Waals surface area contributed by atoms with Gasteiger partial charge >= 0.3 is 0 Å². The zero-order chi connectivity index (χ0) is 11.8. The molecule has 0 spiro atoms. The molecule has 0 unspecified atom stereocenters. The first kappa shape index (κ1) is 12.7. The van der Waals surface area contributed by atoms with Crippen molar-refractivity contribution in [3.8, 4) is 0 Å². The van der Waals surface area contributed by atoms with Gasteiger partial charge in [0.15, 0.2) is 0 Å². The molecule has 2 N–H and O–H groups in total. The highest BCUT2D eigenvalue weighted by Gasteiger charge is 2.03. The predicted octanol–water partition coefficient (Wildman–Crippen LogP) is 0.334. The van der Waals surface area contributed by atoms with E-state index in [0.29, 0.717) is 19.4 Å². The Balaban J connectivity index is 2.28. The van der Waals surface area contributed by atoms with E-state index in [0.717, 1.165) is 18.7 Å². The van der Waals surface area contributed by atoms with Crippen LogP contribution in [0.5, 0.6) is 0 Å². The van der Waals surface area contributed by atoms with Crippen molar-refractivity contribution in [1.29, 1.82) is 0 Å². The van der Waals surface area contributed by atoms with Gasteiger partial charge in [-0.05, 0) is 12.8 Å². The quantitative estimate of drug-likeness (QED) is 0.703. The number of nitrogens with zero attached hydrogens (tertiary/aromatic N) is 2. The summed E-state index contributed by atoms with van der Waals surface area (Å²) in [6, 6.07) is 0. The van der Waals surface area contributed by atoms with Crippen LogP contribution in [0.3, 0.4) is 0 Å². The first-order valence-electron chi connectivity index (χ1n) is 5.64. The molecule has 5 nitrogen and oxygen atoms in total. The number of hydrogen-bond acceptors (Lipinski definition) is 3. The van der Waals surface area contributed by atoms with E-state index in [2.05, 4.69) is 17.2 Å². The number of aliphatic hydroxyl groups excluding tert-OH is 1. The maximum absolute atomic E-state index is 11.3. The summed E-state index contributed by atoms with van der Waals surface area (Å²) in [7, 11) is 0. The first-order chi connectivity index (χ1) is 7.76. The van der Waals surface area contributed by atoms with E-state index in [1.807, 2.05) is 10.8 Å². The van der Waals surface area contributed by atoms with Crippen LogP contribution in [0, 0.1) is 0 Å². The van der Waals surface area contributed by atoms with Crippen LogP contribution < -0.4 is 5.32 Å². The Hall–Kier alpha value is -1.36. The van der Waals surface area contributed by atoms with Crippen LogP contribution >= 0.6 is 0 Å². The molecule has 0 radical (unpaired) electrons. The molecule has 1 amide bonds. The van der Waals surface area contributed by atoms with Crippen molar-refractivity contribution >= 4 is 5.91 Å². The summed E-state index contributed by atoms with van der Waals surface area (Å²) in [6.45, 7) is 3.38. The molecule has 0 saturated carbocycles. The Kier molecular flexibility index (Phi) is 5.56. The van der Waals surface area contributed by atoms with Crippen LogP contribution in [0.15, 0.2) is 12.5 Å². The zero-order valence-corrected chi connectivity index (χ0v) is 9.65. The SMILES string of the molecule is CCCn1cnc(CCC(=O)NCCO)c1. The highest BCUT2D eigenvalue weighted by atomic mass is 16.3. The third-order valence-corrected chi connectivity index (χ3v) is 2.21. The van der Waals surface area contributed by atoms with Gasteiger partial charge in [0, 0.05) is 25.7 Å². The number of amides is 1. The molecule has 0 aliphatic carbocycles. The Labute approximate surface area is 95.5 Å². The lowest BCUT2D eigenvalue weighted by Crippen LogP contribution is -2.26. The Morgan fingerprint density at radius 1 is 1.62 bits per heavy atom. The summed E-state index contributed by atoms with van der Waals surface area (Å²) in [5.74, 6) is -0.0425. The minimum absolute atomic E-state index is 0.0170. The van der Waals surface area contributed by atoms with E-state index in [4.69, 9.17) is 5.11 Å². The lowest BCUT2D eigenvalue weighted by molar-refractivity contribution is -0.121. The molecule has 16 heavy (non-hydrogen) atoms. The molecule has 0 atom stereocenters. The van der Waals surface area contributed by atoms with Gasteiger partial charge in [0.1, 0.15) is 0 Å². The molecule has 1 heterocycles. The predicted molar refractivity (Wildman–Crippen MR) is 60.9 cm³/mol. The van der Waals surface area contributed by atoms with Gasteiger partial charge < -0.3 is 15.0 Å². The average Bonchev–Trinajstić information content (AvgIpc) is 2.72. The Bertz CT molecular complexity index is 323. The Morgan fingerprint density at radius 2 is 2.44 bits per heavy atom. The van der Waals surface area contributed by atoms with Gasteiger partial charge in [0.05, 0.1) is 18.6 Å².